The van der Waals surface area contributed by atoms with E-state index in [4.69, 9.17) is 4.42 Å². The molecule has 0 aliphatic heterocycles. The molecule has 2 heterocycles. The molecule has 0 bridgehead atoms. The molecule has 3 aromatic rings. The number of nitrogens with zero attached hydrogens (tertiary/aromatic N) is 2. The molecule has 1 unspecified atom stereocenters. The van der Waals surface area contributed by atoms with Gasteiger partial charge in [0.1, 0.15) is 0 Å². The van der Waals surface area contributed by atoms with Crippen molar-refractivity contribution in [2.75, 3.05) is 5.32 Å². The van der Waals surface area contributed by atoms with Crippen LogP contribution in [-0.4, -0.2) is 10.2 Å². The lowest BCUT2D eigenvalue weighted by Crippen LogP contribution is -2.08. The van der Waals surface area contributed by atoms with Gasteiger partial charge in [-0.1, -0.05) is 25.1 Å². The molecule has 108 valence electrons. The number of aromatic nitrogens is 2. The molecule has 4 nitrogen and oxygen atoms in total. The molecule has 2 aromatic heterocycles. The molecule has 1 aromatic carbocycles. The Morgan fingerprint density at radius 2 is 2.05 bits per heavy atom. The van der Waals surface area contributed by atoms with Crippen molar-refractivity contribution in [3.05, 3.63) is 52.5 Å². The first-order chi connectivity index (χ1) is 10.3. The summed E-state index contributed by atoms with van der Waals surface area (Å²) >= 11 is 1.77. The zero-order valence-electron chi connectivity index (χ0n) is 12.0. The molecule has 1 N–H and O–H groups in total. The molecule has 0 radical (unpaired) electrons. The van der Waals surface area contributed by atoms with Gasteiger partial charge in [0.2, 0.25) is 11.8 Å². The average Bonchev–Trinajstić information content (AvgIpc) is 3.16. The second-order valence-corrected chi connectivity index (χ2v) is 5.77. The Morgan fingerprint density at radius 3 is 2.71 bits per heavy atom. The van der Waals surface area contributed by atoms with Crippen LogP contribution in [0.4, 0.5) is 5.69 Å². The molecule has 1 atom stereocenters. The Balaban J connectivity index is 1.92. The van der Waals surface area contributed by atoms with Gasteiger partial charge in [0, 0.05) is 17.5 Å². The van der Waals surface area contributed by atoms with Gasteiger partial charge in [-0.2, -0.15) is 0 Å². The predicted octanol–water partition coefficient (Wildman–Crippen LogP) is 4.67. The van der Waals surface area contributed by atoms with Crippen molar-refractivity contribution in [3.63, 3.8) is 0 Å². The van der Waals surface area contributed by atoms with Crippen LogP contribution < -0.4 is 5.32 Å². The van der Waals surface area contributed by atoms with Crippen molar-refractivity contribution in [1.82, 2.24) is 10.2 Å². The highest BCUT2D eigenvalue weighted by Gasteiger charge is 2.15. The molecule has 0 aliphatic rings. The van der Waals surface area contributed by atoms with Crippen LogP contribution in [-0.2, 0) is 0 Å². The SMILES string of the molecule is CCC(Nc1ccccc1-c1nnc(C)o1)c1cccs1. The molecule has 0 saturated heterocycles. The van der Waals surface area contributed by atoms with Crippen LogP contribution in [0.3, 0.4) is 0 Å². The van der Waals surface area contributed by atoms with E-state index in [0.29, 0.717) is 11.8 Å². The van der Waals surface area contributed by atoms with Crippen LogP contribution in [0.25, 0.3) is 11.5 Å². The zero-order valence-corrected chi connectivity index (χ0v) is 12.9. The van der Waals surface area contributed by atoms with Gasteiger partial charge in [-0.25, -0.2) is 0 Å². The summed E-state index contributed by atoms with van der Waals surface area (Å²) in [5.41, 5.74) is 1.95. The fourth-order valence-corrected chi connectivity index (χ4v) is 3.11. The molecule has 0 saturated carbocycles. The lowest BCUT2D eigenvalue weighted by atomic mass is 10.1. The van der Waals surface area contributed by atoms with Gasteiger partial charge in [-0.05, 0) is 30.0 Å². The van der Waals surface area contributed by atoms with Crippen LogP contribution in [0.1, 0.15) is 30.2 Å². The third-order valence-corrected chi connectivity index (χ3v) is 4.29. The van der Waals surface area contributed by atoms with Crippen molar-refractivity contribution in [2.45, 2.75) is 26.3 Å². The molecule has 0 spiro atoms. The number of para-hydroxylation sites is 1. The minimum Gasteiger partial charge on any atom is -0.421 e. The maximum absolute atomic E-state index is 5.56. The maximum atomic E-state index is 5.56. The minimum absolute atomic E-state index is 0.287. The number of benzene rings is 1. The van der Waals surface area contributed by atoms with Crippen molar-refractivity contribution in [2.24, 2.45) is 0 Å². The monoisotopic (exact) mass is 299 g/mol. The lowest BCUT2D eigenvalue weighted by molar-refractivity contribution is 0.533. The summed E-state index contributed by atoms with van der Waals surface area (Å²) in [6.07, 6.45) is 1.01. The van der Waals surface area contributed by atoms with E-state index in [1.54, 1.807) is 18.3 Å². The summed E-state index contributed by atoms with van der Waals surface area (Å²) in [5, 5.41) is 13.7. The molecular formula is C16H17N3OS. The third-order valence-electron chi connectivity index (χ3n) is 3.31. The largest absolute Gasteiger partial charge is 0.421 e. The highest BCUT2D eigenvalue weighted by Crippen LogP contribution is 2.32. The standard InChI is InChI=1S/C16H17N3OS/c1-3-13(15-9-6-10-21-15)17-14-8-5-4-7-12(14)16-19-18-11(2)20-16/h4-10,13,17H,3H2,1-2H3. The summed E-state index contributed by atoms with van der Waals surface area (Å²) in [4.78, 5) is 1.33. The van der Waals surface area contributed by atoms with Gasteiger partial charge in [-0.15, -0.1) is 21.5 Å². The fourth-order valence-electron chi connectivity index (χ4n) is 2.25. The number of thiophene rings is 1. The summed E-state index contributed by atoms with van der Waals surface area (Å²) in [5.74, 6) is 1.13. The van der Waals surface area contributed by atoms with Crippen molar-refractivity contribution < 1.29 is 4.42 Å². The first-order valence-electron chi connectivity index (χ1n) is 6.97. The van der Waals surface area contributed by atoms with E-state index >= 15 is 0 Å². The second kappa shape index (κ2) is 6.10. The molecule has 0 amide bonds. The van der Waals surface area contributed by atoms with Crippen LogP contribution in [0.15, 0.2) is 46.2 Å². The maximum Gasteiger partial charge on any atom is 0.249 e. The number of rotatable bonds is 5. The van der Waals surface area contributed by atoms with Gasteiger partial charge in [-0.3, -0.25) is 0 Å². The second-order valence-electron chi connectivity index (χ2n) is 4.79. The van der Waals surface area contributed by atoms with Crippen molar-refractivity contribution in [3.8, 4) is 11.5 Å². The quantitative estimate of drug-likeness (QED) is 0.744. The molecule has 21 heavy (non-hydrogen) atoms. The Hall–Kier alpha value is -2.14. The van der Waals surface area contributed by atoms with Gasteiger partial charge >= 0.3 is 0 Å². The highest BCUT2D eigenvalue weighted by molar-refractivity contribution is 7.10. The van der Waals surface area contributed by atoms with Gasteiger partial charge in [0.25, 0.3) is 0 Å². The smallest absolute Gasteiger partial charge is 0.249 e. The van der Waals surface area contributed by atoms with Crippen molar-refractivity contribution >= 4 is 17.0 Å². The van der Waals surface area contributed by atoms with Crippen LogP contribution in [0.2, 0.25) is 0 Å². The number of aryl methyl sites for hydroxylation is 1. The van der Waals surface area contributed by atoms with E-state index in [1.165, 1.54) is 4.88 Å². The molecular weight excluding hydrogens is 282 g/mol. The lowest BCUT2D eigenvalue weighted by Gasteiger charge is -2.18. The summed E-state index contributed by atoms with van der Waals surface area (Å²) in [7, 11) is 0. The van der Waals surface area contributed by atoms with E-state index in [9.17, 15) is 0 Å². The average molecular weight is 299 g/mol. The fraction of sp³-hybridized carbons (Fsp3) is 0.250. The Labute approximate surface area is 127 Å². The normalized spacial score (nSPS) is 12.3. The van der Waals surface area contributed by atoms with Crippen molar-refractivity contribution in [1.29, 1.82) is 0 Å². The number of anilines is 1. The summed E-state index contributed by atoms with van der Waals surface area (Å²) < 4.78 is 5.56. The van der Waals surface area contributed by atoms with E-state index in [0.717, 1.165) is 17.7 Å². The number of hydrogen-bond donors (Lipinski definition) is 1. The first-order valence-corrected chi connectivity index (χ1v) is 7.85. The first kappa shape index (κ1) is 13.8. The Morgan fingerprint density at radius 1 is 1.19 bits per heavy atom. The van der Waals surface area contributed by atoms with Gasteiger partial charge in [0.15, 0.2) is 0 Å². The number of nitrogens with one attached hydrogen (secondary N) is 1. The van der Waals surface area contributed by atoms with Gasteiger partial charge in [0.05, 0.1) is 11.6 Å². The molecule has 0 fully saturated rings. The highest BCUT2D eigenvalue weighted by atomic mass is 32.1. The molecule has 5 heteroatoms. The summed E-state index contributed by atoms with van der Waals surface area (Å²) in [6.45, 7) is 3.98. The van der Waals surface area contributed by atoms with E-state index < -0.39 is 0 Å². The predicted molar refractivity (Wildman–Crippen MR) is 85.4 cm³/mol. The van der Waals surface area contributed by atoms with E-state index in [1.807, 2.05) is 24.3 Å². The summed E-state index contributed by atoms with van der Waals surface area (Å²) in [6, 6.07) is 12.6. The van der Waals surface area contributed by atoms with E-state index in [2.05, 4.69) is 40.0 Å². The van der Waals surface area contributed by atoms with Crippen LogP contribution >= 0.6 is 11.3 Å². The van der Waals surface area contributed by atoms with E-state index in [-0.39, 0.29) is 6.04 Å². The molecule has 3 rings (SSSR count). The molecule has 0 aliphatic carbocycles. The third kappa shape index (κ3) is 2.97. The topological polar surface area (TPSA) is 51.0 Å². The van der Waals surface area contributed by atoms with Crippen LogP contribution in [0.5, 0.6) is 0 Å². The Kier molecular flexibility index (Phi) is 4.01. The van der Waals surface area contributed by atoms with Gasteiger partial charge < -0.3 is 9.73 Å². The van der Waals surface area contributed by atoms with Crippen LogP contribution in [0, 0.1) is 6.92 Å². The zero-order chi connectivity index (χ0) is 14.7. The Bertz CT molecular complexity index is 706. The number of hydrogen-bond acceptors (Lipinski definition) is 5. The minimum atomic E-state index is 0.287.